The summed E-state index contributed by atoms with van der Waals surface area (Å²) in [5.74, 6) is -0.0268. The summed E-state index contributed by atoms with van der Waals surface area (Å²) in [4.78, 5) is 11.2. The Labute approximate surface area is 148 Å². The predicted octanol–water partition coefficient (Wildman–Crippen LogP) is 5.42. The van der Waals surface area contributed by atoms with Gasteiger partial charge in [-0.25, -0.2) is 0 Å². The fourth-order valence-corrected chi connectivity index (χ4v) is 2.33. The van der Waals surface area contributed by atoms with Gasteiger partial charge in [-0.3, -0.25) is 4.79 Å². The Balaban J connectivity index is 0.00000192. The van der Waals surface area contributed by atoms with Gasteiger partial charge in [0.05, 0.1) is 0 Å². The first-order chi connectivity index (χ1) is 10.7. The second kappa shape index (κ2) is 7.39. The first-order valence-corrected chi connectivity index (χ1v) is 6.94. The van der Waals surface area contributed by atoms with Gasteiger partial charge in [0.1, 0.15) is 17.1 Å². The molecule has 3 rings (SSSR count). The Morgan fingerprint density at radius 1 is 1.00 bits per heavy atom. The molecule has 1 N–H and O–H groups in total. The van der Waals surface area contributed by atoms with Crippen molar-refractivity contribution >= 4 is 40.0 Å². The standard InChI is InChI=1S/C17H11ClN2O2.Cr/c18-13-7-8-16(22)15(9-13)19-20-17-12(10-21)6-5-11-3-1-2-4-14(11)17;/h1-10,22H;. The molecule has 0 radical (unpaired) electrons. The van der Waals surface area contributed by atoms with Crippen LogP contribution in [-0.2, 0) is 17.4 Å². The average Bonchev–Trinajstić information content (AvgIpc) is 2.55. The van der Waals surface area contributed by atoms with Crippen LogP contribution in [0.15, 0.2) is 64.8 Å². The van der Waals surface area contributed by atoms with Gasteiger partial charge < -0.3 is 5.11 Å². The molecule has 0 saturated heterocycles. The van der Waals surface area contributed by atoms with E-state index in [1.165, 1.54) is 12.1 Å². The second-order valence-corrected chi connectivity index (χ2v) is 5.11. The number of rotatable bonds is 3. The zero-order valence-electron chi connectivity index (χ0n) is 11.8. The molecular weight excluding hydrogens is 352 g/mol. The monoisotopic (exact) mass is 362 g/mol. The summed E-state index contributed by atoms with van der Waals surface area (Å²) < 4.78 is 0. The van der Waals surface area contributed by atoms with Gasteiger partial charge in [-0.1, -0.05) is 41.9 Å². The maximum Gasteiger partial charge on any atom is 0.152 e. The molecule has 0 fully saturated rings. The van der Waals surface area contributed by atoms with Crippen LogP contribution in [0.5, 0.6) is 5.75 Å². The summed E-state index contributed by atoms with van der Waals surface area (Å²) in [6.07, 6.45) is 0.735. The Bertz CT molecular complexity index is 897. The van der Waals surface area contributed by atoms with Crippen molar-refractivity contribution in [2.75, 3.05) is 0 Å². The van der Waals surface area contributed by atoms with Gasteiger partial charge in [0.2, 0.25) is 0 Å². The minimum Gasteiger partial charge on any atom is -0.506 e. The molecule has 0 aromatic heterocycles. The number of hydrogen-bond donors (Lipinski definition) is 1. The third-order valence-corrected chi connectivity index (χ3v) is 3.49. The number of phenols is 1. The Morgan fingerprint density at radius 2 is 1.78 bits per heavy atom. The van der Waals surface area contributed by atoms with Crippen LogP contribution in [-0.4, -0.2) is 11.4 Å². The molecule has 0 aliphatic carbocycles. The SMILES string of the molecule is O=Cc1ccc2ccccc2c1N=Nc1cc(Cl)ccc1O.[Cr]. The van der Waals surface area contributed by atoms with Crippen LogP contribution >= 0.6 is 11.6 Å². The van der Waals surface area contributed by atoms with E-state index in [0.717, 1.165) is 17.1 Å². The van der Waals surface area contributed by atoms with Gasteiger partial charge in [0.15, 0.2) is 6.29 Å². The number of fused-ring (bicyclic) bond motifs is 1. The average molecular weight is 363 g/mol. The summed E-state index contributed by atoms with van der Waals surface area (Å²) in [5.41, 5.74) is 1.15. The predicted molar refractivity (Wildman–Crippen MR) is 86.6 cm³/mol. The van der Waals surface area contributed by atoms with Crippen LogP contribution < -0.4 is 0 Å². The quantitative estimate of drug-likeness (QED) is 0.499. The molecule has 0 bridgehead atoms. The molecule has 114 valence electrons. The minimum atomic E-state index is -0.0268. The van der Waals surface area contributed by atoms with E-state index >= 15 is 0 Å². The van der Waals surface area contributed by atoms with E-state index in [4.69, 9.17) is 11.6 Å². The second-order valence-electron chi connectivity index (χ2n) is 4.68. The Morgan fingerprint density at radius 3 is 2.57 bits per heavy atom. The molecule has 0 heterocycles. The summed E-state index contributed by atoms with van der Waals surface area (Å²) >= 11 is 5.88. The first-order valence-electron chi connectivity index (χ1n) is 6.56. The van der Waals surface area contributed by atoms with Gasteiger partial charge >= 0.3 is 0 Å². The van der Waals surface area contributed by atoms with E-state index in [2.05, 4.69) is 10.2 Å². The molecule has 0 atom stereocenters. The van der Waals surface area contributed by atoms with Crippen molar-refractivity contribution in [3.05, 3.63) is 65.2 Å². The number of nitrogens with zero attached hydrogens (tertiary/aromatic N) is 2. The molecule has 0 unspecified atom stereocenters. The Hall–Kier alpha value is -2.19. The van der Waals surface area contributed by atoms with E-state index in [-0.39, 0.29) is 28.8 Å². The molecule has 4 nitrogen and oxygen atoms in total. The fraction of sp³-hybridized carbons (Fsp3) is 0. The largest absolute Gasteiger partial charge is 0.506 e. The number of carbonyl (C=O) groups excluding carboxylic acids is 1. The topological polar surface area (TPSA) is 62.0 Å². The van der Waals surface area contributed by atoms with Crippen molar-refractivity contribution in [3.8, 4) is 5.75 Å². The number of benzene rings is 3. The molecule has 3 aromatic carbocycles. The van der Waals surface area contributed by atoms with Gasteiger partial charge in [-0.05, 0) is 29.7 Å². The van der Waals surface area contributed by atoms with Crippen LogP contribution in [0.1, 0.15) is 10.4 Å². The van der Waals surface area contributed by atoms with Crippen molar-refractivity contribution in [3.63, 3.8) is 0 Å². The maximum absolute atomic E-state index is 11.2. The first kappa shape index (κ1) is 17.2. The van der Waals surface area contributed by atoms with Crippen LogP contribution in [0, 0.1) is 0 Å². The van der Waals surface area contributed by atoms with Crippen molar-refractivity contribution in [1.82, 2.24) is 0 Å². The molecule has 6 heteroatoms. The van der Waals surface area contributed by atoms with E-state index in [9.17, 15) is 9.90 Å². The molecule has 0 amide bonds. The number of halogens is 1. The summed E-state index contributed by atoms with van der Waals surface area (Å²) in [6.45, 7) is 0. The summed E-state index contributed by atoms with van der Waals surface area (Å²) in [6, 6.07) is 15.6. The van der Waals surface area contributed by atoms with E-state index < -0.39 is 0 Å². The summed E-state index contributed by atoms with van der Waals surface area (Å²) in [7, 11) is 0. The van der Waals surface area contributed by atoms with Gasteiger partial charge in [0.25, 0.3) is 0 Å². The minimum absolute atomic E-state index is 0. The van der Waals surface area contributed by atoms with Crippen molar-refractivity contribution < 1.29 is 27.3 Å². The van der Waals surface area contributed by atoms with Crippen LogP contribution in [0.2, 0.25) is 5.02 Å². The molecule has 0 spiro atoms. The van der Waals surface area contributed by atoms with Crippen molar-refractivity contribution in [1.29, 1.82) is 0 Å². The van der Waals surface area contributed by atoms with Crippen LogP contribution in [0.4, 0.5) is 11.4 Å². The van der Waals surface area contributed by atoms with Crippen LogP contribution in [0.25, 0.3) is 10.8 Å². The molecule has 0 aliphatic heterocycles. The van der Waals surface area contributed by atoms with E-state index in [1.54, 1.807) is 12.1 Å². The number of aldehydes is 1. The smallest absolute Gasteiger partial charge is 0.152 e. The number of hydrogen-bond acceptors (Lipinski definition) is 4. The van der Waals surface area contributed by atoms with E-state index in [1.807, 2.05) is 30.3 Å². The number of aromatic hydroxyl groups is 1. The normalized spacial score (nSPS) is 10.7. The molecule has 23 heavy (non-hydrogen) atoms. The number of phenolic OH excluding ortho intramolecular Hbond substituents is 1. The summed E-state index contributed by atoms with van der Waals surface area (Å²) in [5, 5.41) is 20.2. The molecule has 0 saturated carbocycles. The zero-order valence-corrected chi connectivity index (χ0v) is 13.8. The van der Waals surface area contributed by atoms with Gasteiger partial charge in [-0.15, -0.1) is 10.2 Å². The van der Waals surface area contributed by atoms with Gasteiger partial charge in [-0.2, -0.15) is 0 Å². The molecule has 0 aliphatic rings. The number of carbonyl (C=O) groups is 1. The fourth-order valence-electron chi connectivity index (χ4n) is 2.16. The Kier molecular flexibility index (Phi) is 5.51. The third kappa shape index (κ3) is 3.60. The third-order valence-electron chi connectivity index (χ3n) is 3.25. The van der Waals surface area contributed by atoms with Crippen molar-refractivity contribution in [2.24, 2.45) is 10.2 Å². The molecular formula is C17H11ClCrN2O2. The van der Waals surface area contributed by atoms with E-state index in [0.29, 0.717) is 16.3 Å². The maximum atomic E-state index is 11.2. The van der Waals surface area contributed by atoms with Gasteiger partial charge in [0, 0.05) is 33.3 Å². The van der Waals surface area contributed by atoms with Crippen LogP contribution in [0.3, 0.4) is 0 Å². The zero-order chi connectivity index (χ0) is 15.5. The number of azo groups is 1. The molecule has 3 aromatic rings. The van der Waals surface area contributed by atoms with Crippen molar-refractivity contribution in [2.45, 2.75) is 0 Å².